The zero-order valence-corrected chi connectivity index (χ0v) is 8.82. The second-order valence-corrected chi connectivity index (χ2v) is 3.42. The van der Waals surface area contributed by atoms with E-state index in [-0.39, 0.29) is 0 Å². The van der Waals surface area contributed by atoms with Crippen LogP contribution in [0, 0.1) is 0 Å². The Balaban J connectivity index is 2.30. The molecule has 0 saturated carbocycles. The number of aryl methyl sites for hydroxylation is 1. The molecule has 0 bridgehead atoms. The highest BCUT2D eigenvalue weighted by Crippen LogP contribution is 2.02. The summed E-state index contributed by atoms with van der Waals surface area (Å²) >= 11 is 0. The second-order valence-electron chi connectivity index (χ2n) is 3.42. The van der Waals surface area contributed by atoms with Gasteiger partial charge in [-0.15, -0.1) is 5.10 Å². The summed E-state index contributed by atoms with van der Waals surface area (Å²) < 4.78 is 1.86. The summed E-state index contributed by atoms with van der Waals surface area (Å²) in [6.07, 6.45) is 5.70. The Labute approximate surface area is 84.7 Å². The molecule has 1 heterocycles. The Morgan fingerprint density at radius 1 is 1.29 bits per heavy atom. The molecule has 1 aromatic rings. The van der Waals surface area contributed by atoms with Crippen molar-refractivity contribution in [3.8, 4) is 0 Å². The van der Waals surface area contributed by atoms with Crippen LogP contribution in [-0.4, -0.2) is 26.8 Å². The average molecular weight is 197 g/mol. The smallest absolute Gasteiger partial charge is 0.152 e. The SMILES string of the molecule is CCCCCCn1nnnc1CCN. The first-order chi connectivity index (χ1) is 6.88. The van der Waals surface area contributed by atoms with E-state index in [2.05, 4.69) is 22.4 Å². The van der Waals surface area contributed by atoms with E-state index in [1.807, 2.05) is 4.68 Å². The van der Waals surface area contributed by atoms with E-state index >= 15 is 0 Å². The van der Waals surface area contributed by atoms with Crippen LogP contribution in [0.5, 0.6) is 0 Å². The molecule has 14 heavy (non-hydrogen) atoms. The number of tetrazole rings is 1. The van der Waals surface area contributed by atoms with Crippen LogP contribution in [0.1, 0.15) is 38.4 Å². The molecule has 0 radical (unpaired) electrons. The lowest BCUT2D eigenvalue weighted by Crippen LogP contribution is -2.11. The summed E-state index contributed by atoms with van der Waals surface area (Å²) in [4.78, 5) is 0. The molecule has 2 N–H and O–H groups in total. The topological polar surface area (TPSA) is 69.6 Å². The monoisotopic (exact) mass is 197 g/mol. The summed E-state index contributed by atoms with van der Waals surface area (Å²) in [6.45, 7) is 3.73. The number of nitrogens with two attached hydrogens (primary N) is 1. The fourth-order valence-corrected chi connectivity index (χ4v) is 1.39. The van der Waals surface area contributed by atoms with Gasteiger partial charge in [0.2, 0.25) is 0 Å². The van der Waals surface area contributed by atoms with E-state index in [0.717, 1.165) is 25.2 Å². The lowest BCUT2D eigenvalue weighted by Gasteiger charge is -2.02. The molecule has 0 aromatic carbocycles. The molecule has 0 aliphatic carbocycles. The third-order valence-corrected chi connectivity index (χ3v) is 2.20. The molecule has 5 nitrogen and oxygen atoms in total. The van der Waals surface area contributed by atoms with Crippen LogP contribution in [-0.2, 0) is 13.0 Å². The molecule has 0 saturated heterocycles. The average Bonchev–Trinajstić information content (AvgIpc) is 2.61. The van der Waals surface area contributed by atoms with E-state index in [4.69, 9.17) is 5.73 Å². The molecule has 0 spiro atoms. The number of nitrogens with zero attached hydrogens (tertiary/aromatic N) is 4. The van der Waals surface area contributed by atoms with Crippen LogP contribution in [0.3, 0.4) is 0 Å². The molecular formula is C9H19N5. The molecule has 1 rings (SSSR count). The van der Waals surface area contributed by atoms with Crippen LogP contribution in [0.25, 0.3) is 0 Å². The maximum atomic E-state index is 5.46. The highest BCUT2D eigenvalue weighted by molar-refractivity contribution is 4.80. The molecule has 0 atom stereocenters. The number of hydrogen-bond donors (Lipinski definition) is 1. The van der Waals surface area contributed by atoms with Gasteiger partial charge in [-0.1, -0.05) is 26.2 Å². The van der Waals surface area contributed by atoms with Crippen molar-refractivity contribution < 1.29 is 0 Å². The van der Waals surface area contributed by atoms with Gasteiger partial charge < -0.3 is 5.73 Å². The zero-order valence-electron chi connectivity index (χ0n) is 8.82. The van der Waals surface area contributed by atoms with Crippen molar-refractivity contribution in [3.05, 3.63) is 5.82 Å². The van der Waals surface area contributed by atoms with Crippen molar-refractivity contribution in [1.29, 1.82) is 0 Å². The normalized spacial score (nSPS) is 10.7. The maximum Gasteiger partial charge on any atom is 0.152 e. The minimum absolute atomic E-state index is 0.606. The molecule has 0 aliphatic heterocycles. The first kappa shape index (κ1) is 11.1. The summed E-state index contributed by atoms with van der Waals surface area (Å²) in [5, 5.41) is 11.5. The summed E-state index contributed by atoms with van der Waals surface area (Å²) in [5.74, 6) is 0.906. The van der Waals surface area contributed by atoms with Gasteiger partial charge in [-0.25, -0.2) is 4.68 Å². The number of hydrogen-bond acceptors (Lipinski definition) is 4. The van der Waals surface area contributed by atoms with E-state index < -0.39 is 0 Å². The summed E-state index contributed by atoms with van der Waals surface area (Å²) in [7, 11) is 0. The predicted molar refractivity (Wildman–Crippen MR) is 54.7 cm³/mol. The van der Waals surface area contributed by atoms with Crippen molar-refractivity contribution in [2.24, 2.45) is 5.73 Å². The number of rotatable bonds is 7. The first-order valence-electron chi connectivity index (χ1n) is 5.33. The van der Waals surface area contributed by atoms with Gasteiger partial charge in [-0.2, -0.15) is 0 Å². The Kier molecular flexibility index (Phi) is 5.14. The highest BCUT2D eigenvalue weighted by atomic mass is 15.5. The minimum atomic E-state index is 0.606. The Morgan fingerprint density at radius 2 is 2.14 bits per heavy atom. The van der Waals surface area contributed by atoms with E-state index in [0.29, 0.717) is 6.54 Å². The molecular weight excluding hydrogens is 178 g/mol. The van der Waals surface area contributed by atoms with Crippen LogP contribution in [0.15, 0.2) is 0 Å². The standard InChI is InChI=1S/C9H19N5/c1-2-3-4-5-8-14-9(6-7-10)11-12-13-14/h2-8,10H2,1H3. The summed E-state index contributed by atoms with van der Waals surface area (Å²) in [5.41, 5.74) is 5.46. The van der Waals surface area contributed by atoms with Crippen molar-refractivity contribution in [1.82, 2.24) is 20.2 Å². The Morgan fingerprint density at radius 3 is 2.86 bits per heavy atom. The lowest BCUT2D eigenvalue weighted by atomic mass is 10.2. The van der Waals surface area contributed by atoms with Gasteiger partial charge in [0.05, 0.1) is 0 Å². The van der Waals surface area contributed by atoms with Gasteiger partial charge in [0.1, 0.15) is 0 Å². The molecule has 5 heteroatoms. The number of aromatic nitrogens is 4. The van der Waals surface area contributed by atoms with E-state index in [9.17, 15) is 0 Å². The van der Waals surface area contributed by atoms with Crippen LogP contribution >= 0.6 is 0 Å². The van der Waals surface area contributed by atoms with Crippen molar-refractivity contribution in [2.75, 3.05) is 6.54 Å². The van der Waals surface area contributed by atoms with E-state index in [1.165, 1.54) is 19.3 Å². The first-order valence-corrected chi connectivity index (χ1v) is 5.33. The van der Waals surface area contributed by atoms with E-state index in [1.54, 1.807) is 0 Å². The lowest BCUT2D eigenvalue weighted by molar-refractivity contribution is 0.511. The quantitative estimate of drug-likeness (QED) is 0.655. The predicted octanol–water partition coefficient (Wildman–Crippen LogP) is 0.755. The van der Waals surface area contributed by atoms with Crippen molar-refractivity contribution >= 4 is 0 Å². The third kappa shape index (κ3) is 3.41. The van der Waals surface area contributed by atoms with Crippen molar-refractivity contribution in [3.63, 3.8) is 0 Å². The van der Waals surface area contributed by atoms with Crippen LogP contribution < -0.4 is 5.73 Å². The molecule has 0 unspecified atom stereocenters. The van der Waals surface area contributed by atoms with Crippen LogP contribution in [0.2, 0.25) is 0 Å². The second kappa shape index (κ2) is 6.48. The highest BCUT2D eigenvalue weighted by Gasteiger charge is 2.03. The molecule has 0 fully saturated rings. The molecule has 0 amide bonds. The van der Waals surface area contributed by atoms with Crippen LogP contribution in [0.4, 0.5) is 0 Å². The van der Waals surface area contributed by atoms with Gasteiger partial charge >= 0.3 is 0 Å². The van der Waals surface area contributed by atoms with Gasteiger partial charge in [-0.05, 0) is 23.4 Å². The Bertz CT molecular complexity index is 245. The zero-order chi connectivity index (χ0) is 10.2. The minimum Gasteiger partial charge on any atom is -0.330 e. The van der Waals surface area contributed by atoms with Gasteiger partial charge in [0.25, 0.3) is 0 Å². The third-order valence-electron chi connectivity index (χ3n) is 2.20. The van der Waals surface area contributed by atoms with Gasteiger partial charge in [-0.3, -0.25) is 0 Å². The fraction of sp³-hybridized carbons (Fsp3) is 0.889. The van der Waals surface area contributed by atoms with Crippen molar-refractivity contribution in [2.45, 2.75) is 45.6 Å². The maximum absolute atomic E-state index is 5.46. The molecule has 0 aliphatic rings. The van der Waals surface area contributed by atoms with Gasteiger partial charge in [0.15, 0.2) is 5.82 Å². The van der Waals surface area contributed by atoms with Gasteiger partial charge in [0, 0.05) is 13.0 Å². The molecule has 1 aromatic heterocycles. The molecule has 80 valence electrons. The largest absolute Gasteiger partial charge is 0.330 e. The summed E-state index contributed by atoms with van der Waals surface area (Å²) in [6, 6.07) is 0. The number of unbranched alkanes of at least 4 members (excludes halogenated alkanes) is 3. The Hall–Kier alpha value is -0.970. The fourth-order valence-electron chi connectivity index (χ4n) is 1.39.